The molecule has 0 saturated heterocycles. The highest BCUT2D eigenvalue weighted by Gasteiger charge is 2.10. The van der Waals surface area contributed by atoms with Crippen LogP contribution in [0.25, 0.3) is 0 Å². The van der Waals surface area contributed by atoms with Crippen molar-refractivity contribution in [1.29, 1.82) is 0 Å². The molecule has 0 radical (unpaired) electrons. The summed E-state index contributed by atoms with van der Waals surface area (Å²) in [6.45, 7) is 1.94. The van der Waals surface area contributed by atoms with Crippen molar-refractivity contribution in [2.45, 2.75) is 19.4 Å². The second kappa shape index (κ2) is 5.24. The van der Waals surface area contributed by atoms with E-state index in [2.05, 4.69) is 0 Å². The van der Waals surface area contributed by atoms with Crippen molar-refractivity contribution in [1.82, 2.24) is 0 Å². The molecule has 84 valence electrons. The molecule has 0 aliphatic carbocycles. The zero-order valence-corrected chi connectivity index (χ0v) is 9.97. The van der Waals surface area contributed by atoms with Gasteiger partial charge in [-0.05, 0) is 25.0 Å². The van der Waals surface area contributed by atoms with Crippen LogP contribution in [0.15, 0.2) is 12.1 Å². The molecule has 0 heterocycles. The smallest absolute Gasteiger partial charge is 0.162 e. The molecule has 0 aromatic heterocycles. The van der Waals surface area contributed by atoms with Crippen LogP contribution in [0.1, 0.15) is 12.5 Å². The molecule has 1 aromatic rings. The monoisotopic (exact) mass is 229 g/mol. The highest BCUT2D eigenvalue weighted by molar-refractivity contribution is 6.31. The Kier molecular flexibility index (Phi) is 4.24. The summed E-state index contributed by atoms with van der Waals surface area (Å²) in [7, 11) is 3.18. The molecule has 0 saturated carbocycles. The fraction of sp³-hybridized carbons (Fsp3) is 0.455. The summed E-state index contributed by atoms with van der Waals surface area (Å²) in [5.74, 6) is 1.31. The minimum Gasteiger partial charge on any atom is -0.493 e. The average Bonchev–Trinajstić information content (AvgIpc) is 2.19. The lowest BCUT2D eigenvalue weighted by molar-refractivity contribution is 0.354. The van der Waals surface area contributed by atoms with Gasteiger partial charge in [0, 0.05) is 17.1 Å². The van der Waals surface area contributed by atoms with Gasteiger partial charge in [-0.2, -0.15) is 0 Å². The molecule has 2 N–H and O–H groups in total. The standard InChI is InChI=1S/C11H16ClNO2/c1-7(13)4-8-5-10(14-2)11(15-3)6-9(8)12/h5-7H,4,13H2,1-3H3. The maximum Gasteiger partial charge on any atom is 0.162 e. The Balaban J connectivity index is 3.08. The zero-order valence-electron chi connectivity index (χ0n) is 9.21. The Morgan fingerprint density at radius 3 is 2.27 bits per heavy atom. The third-order valence-corrected chi connectivity index (χ3v) is 2.45. The van der Waals surface area contributed by atoms with Crippen LogP contribution in [0.4, 0.5) is 0 Å². The molecule has 1 aromatic carbocycles. The van der Waals surface area contributed by atoms with Gasteiger partial charge in [0.1, 0.15) is 0 Å². The quantitative estimate of drug-likeness (QED) is 0.861. The molecule has 0 aliphatic rings. The Morgan fingerprint density at radius 1 is 1.27 bits per heavy atom. The maximum absolute atomic E-state index is 6.09. The van der Waals surface area contributed by atoms with E-state index in [0.29, 0.717) is 16.5 Å². The minimum atomic E-state index is 0.0700. The van der Waals surface area contributed by atoms with Gasteiger partial charge in [-0.1, -0.05) is 11.6 Å². The van der Waals surface area contributed by atoms with Crippen LogP contribution < -0.4 is 15.2 Å². The summed E-state index contributed by atoms with van der Waals surface area (Å²) in [4.78, 5) is 0. The van der Waals surface area contributed by atoms with Gasteiger partial charge < -0.3 is 15.2 Å². The van der Waals surface area contributed by atoms with Crippen molar-refractivity contribution in [3.05, 3.63) is 22.7 Å². The Morgan fingerprint density at radius 2 is 1.80 bits per heavy atom. The summed E-state index contributed by atoms with van der Waals surface area (Å²) in [6, 6.07) is 3.68. The number of nitrogens with two attached hydrogens (primary N) is 1. The van der Waals surface area contributed by atoms with E-state index in [-0.39, 0.29) is 6.04 Å². The molecule has 3 nitrogen and oxygen atoms in total. The fourth-order valence-electron chi connectivity index (χ4n) is 1.40. The first-order chi connectivity index (χ1) is 7.08. The molecule has 0 bridgehead atoms. The summed E-state index contributed by atoms with van der Waals surface area (Å²) in [5.41, 5.74) is 6.70. The molecule has 15 heavy (non-hydrogen) atoms. The van der Waals surface area contributed by atoms with E-state index < -0.39 is 0 Å². The zero-order chi connectivity index (χ0) is 11.4. The Labute approximate surface area is 95.1 Å². The largest absolute Gasteiger partial charge is 0.493 e. The Hall–Kier alpha value is -0.930. The molecule has 0 spiro atoms. The lowest BCUT2D eigenvalue weighted by Gasteiger charge is -2.12. The lowest BCUT2D eigenvalue weighted by Crippen LogP contribution is -2.18. The highest BCUT2D eigenvalue weighted by Crippen LogP contribution is 2.33. The van der Waals surface area contributed by atoms with Crippen molar-refractivity contribution in [3.63, 3.8) is 0 Å². The van der Waals surface area contributed by atoms with Gasteiger partial charge >= 0.3 is 0 Å². The predicted molar refractivity (Wildman–Crippen MR) is 61.9 cm³/mol. The van der Waals surface area contributed by atoms with Gasteiger partial charge in [0.2, 0.25) is 0 Å². The van der Waals surface area contributed by atoms with E-state index in [1.807, 2.05) is 13.0 Å². The van der Waals surface area contributed by atoms with Crippen molar-refractivity contribution in [3.8, 4) is 11.5 Å². The molecular formula is C11H16ClNO2. The van der Waals surface area contributed by atoms with Crippen LogP contribution in [0.3, 0.4) is 0 Å². The van der Waals surface area contributed by atoms with E-state index in [1.54, 1.807) is 20.3 Å². The third-order valence-electron chi connectivity index (χ3n) is 2.09. The van der Waals surface area contributed by atoms with E-state index in [0.717, 1.165) is 12.0 Å². The number of benzene rings is 1. The summed E-state index contributed by atoms with van der Waals surface area (Å²) < 4.78 is 10.3. The SMILES string of the molecule is COc1cc(Cl)c(CC(C)N)cc1OC. The molecule has 0 amide bonds. The number of ether oxygens (including phenoxy) is 2. The number of halogens is 1. The topological polar surface area (TPSA) is 44.5 Å². The van der Waals surface area contributed by atoms with Gasteiger partial charge in [0.15, 0.2) is 11.5 Å². The van der Waals surface area contributed by atoms with Crippen LogP contribution >= 0.6 is 11.6 Å². The third kappa shape index (κ3) is 3.01. The molecule has 1 atom stereocenters. The van der Waals surface area contributed by atoms with E-state index >= 15 is 0 Å². The van der Waals surface area contributed by atoms with Gasteiger partial charge in [0.05, 0.1) is 14.2 Å². The summed E-state index contributed by atoms with van der Waals surface area (Å²) >= 11 is 6.09. The van der Waals surface area contributed by atoms with Crippen LogP contribution in [0, 0.1) is 0 Å². The molecule has 1 unspecified atom stereocenters. The first-order valence-corrected chi connectivity index (χ1v) is 5.12. The number of hydrogen-bond donors (Lipinski definition) is 1. The van der Waals surface area contributed by atoms with Crippen LogP contribution in [-0.2, 0) is 6.42 Å². The molecule has 0 fully saturated rings. The number of methoxy groups -OCH3 is 2. The van der Waals surface area contributed by atoms with Crippen molar-refractivity contribution in [2.24, 2.45) is 5.73 Å². The second-order valence-corrected chi connectivity index (χ2v) is 3.89. The average molecular weight is 230 g/mol. The van der Waals surface area contributed by atoms with Crippen molar-refractivity contribution in [2.75, 3.05) is 14.2 Å². The van der Waals surface area contributed by atoms with Gasteiger partial charge in [-0.25, -0.2) is 0 Å². The van der Waals surface area contributed by atoms with Crippen LogP contribution in [0.2, 0.25) is 5.02 Å². The van der Waals surface area contributed by atoms with E-state index in [4.69, 9.17) is 26.8 Å². The summed E-state index contributed by atoms with van der Waals surface area (Å²) in [5, 5.41) is 0.657. The molecule has 0 aliphatic heterocycles. The normalized spacial score (nSPS) is 12.3. The second-order valence-electron chi connectivity index (χ2n) is 3.48. The molecular weight excluding hydrogens is 214 g/mol. The first kappa shape index (κ1) is 12.1. The minimum absolute atomic E-state index is 0.0700. The van der Waals surface area contributed by atoms with E-state index in [1.165, 1.54) is 0 Å². The lowest BCUT2D eigenvalue weighted by atomic mass is 10.1. The maximum atomic E-state index is 6.09. The van der Waals surface area contributed by atoms with Crippen molar-refractivity contribution < 1.29 is 9.47 Å². The molecule has 1 rings (SSSR count). The predicted octanol–water partition coefficient (Wildman–Crippen LogP) is 2.25. The van der Waals surface area contributed by atoms with Crippen LogP contribution in [-0.4, -0.2) is 20.3 Å². The Bertz CT molecular complexity index is 340. The van der Waals surface area contributed by atoms with E-state index in [9.17, 15) is 0 Å². The van der Waals surface area contributed by atoms with Gasteiger partial charge in [0.25, 0.3) is 0 Å². The molecule has 4 heteroatoms. The number of hydrogen-bond acceptors (Lipinski definition) is 3. The highest BCUT2D eigenvalue weighted by atomic mass is 35.5. The van der Waals surface area contributed by atoms with Gasteiger partial charge in [-0.15, -0.1) is 0 Å². The first-order valence-electron chi connectivity index (χ1n) is 4.74. The van der Waals surface area contributed by atoms with Crippen LogP contribution in [0.5, 0.6) is 11.5 Å². The van der Waals surface area contributed by atoms with Crippen molar-refractivity contribution >= 4 is 11.6 Å². The fourth-order valence-corrected chi connectivity index (χ4v) is 1.63. The number of rotatable bonds is 4. The van der Waals surface area contributed by atoms with Gasteiger partial charge in [-0.3, -0.25) is 0 Å². The summed E-state index contributed by atoms with van der Waals surface area (Å²) in [6.07, 6.45) is 0.721.